The monoisotopic (exact) mass is 435 g/mol. The molecule has 0 unspecified atom stereocenters. The number of primary amides is 1. The van der Waals surface area contributed by atoms with E-state index in [1.807, 2.05) is 42.5 Å². The van der Waals surface area contributed by atoms with E-state index < -0.39 is 6.03 Å². The molecule has 4 aromatic rings. The van der Waals surface area contributed by atoms with Crippen LogP contribution in [-0.4, -0.2) is 31.6 Å². The van der Waals surface area contributed by atoms with Gasteiger partial charge in [0.1, 0.15) is 0 Å². The topological polar surface area (TPSA) is 122 Å². The summed E-state index contributed by atoms with van der Waals surface area (Å²) >= 11 is 3.61. The molecule has 8 nitrogen and oxygen atoms in total. The minimum Gasteiger partial charge on any atom is -0.351 e. The number of rotatable bonds is 4. The number of carbonyl (C=O) groups is 1. The summed E-state index contributed by atoms with van der Waals surface area (Å²) in [6, 6.07) is 14.8. The molecule has 2 amide bonds. The Hall–Kier alpha value is -3.59. The zero-order valence-corrected chi connectivity index (χ0v) is 16.0. The molecule has 28 heavy (non-hydrogen) atoms. The van der Waals surface area contributed by atoms with Crippen LogP contribution in [0.3, 0.4) is 0 Å². The Bertz CT molecular complexity index is 1130. The van der Waals surface area contributed by atoms with Crippen molar-refractivity contribution >= 4 is 27.6 Å². The predicted molar refractivity (Wildman–Crippen MR) is 109 cm³/mol. The van der Waals surface area contributed by atoms with E-state index in [9.17, 15) is 4.79 Å². The molecule has 0 spiro atoms. The zero-order chi connectivity index (χ0) is 19.5. The van der Waals surface area contributed by atoms with E-state index in [2.05, 4.69) is 46.9 Å². The number of aromatic amines is 1. The molecule has 0 fully saturated rings. The number of anilines is 1. The molecule has 2 aromatic carbocycles. The molecule has 138 valence electrons. The van der Waals surface area contributed by atoms with Crippen LogP contribution in [0.2, 0.25) is 0 Å². The number of nitrogens with one attached hydrogen (secondary N) is 2. The van der Waals surface area contributed by atoms with Gasteiger partial charge in [0.15, 0.2) is 5.82 Å². The van der Waals surface area contributed by atoms with Crippen molar-refractivity contribution in [2.24, 2.45) is 5.73 Å². The standard InChI is InChI=1S/C19H14BrN7O/c20-14-6-7-15(23-19(21)28)17(18-24-26-27-25-18)16(14)12-4-1-3-11(9-12)13-5-2-8-22-10-13/h1-10H,(H3,21,23,28)(H,24,25,26,27). The molecule has 4 N–H and O–H groups in total. The second kappa shape index (κ2) is 7.57. The van der Waals surface area contributed by atoms with E-state index >= 15 is 0 Å². The Morgan fingerprint density at radius 1 is 1.04 bits per heavy atom. The van der Waals surface area contributed by atoms with Crippen molar-refractivity contribution in [3.05, 3.63) is 65.4 Å². The maximum atomic E-state index is 11.5. The number of hydrogen-bond donors (Lipinski definition) is 3. The predicted octanol–water partition coefficient (Wildman–Crippen LogP) is 3.85. The van der Waals surface area contributed by atoms with Crippen LogP contribution in [0.15, 0.2) is 65.4 Å². The molecule has 0 radical (unpaired) electrons. The van der Waals surface area contributed by atoms with Crippen molar-refractivity contribution in [2.75, 3.05) is 5.32 Å². The summed E-state index contributed by atoms with van der Waals surface area (Å²) in [5.41, 5.74) is 10.2. The van der Waals surface area contributed by atoms with Gasteiger partial charge in [-0.3, -0.25) is 4.98 Å². The van der Waals surface area contributed by atoms with Crippen LogP contribution in [0.1, 0.15) is 0 Å². The van der Waals surface area contributed by atoms with Crippen LogP contribution < -0.4 is 11.1 Å². The van der Waals surface area contributed by atoms with E-state index in [4.69, 9.17) is 5.73 Å². The Morgan fingerprint density at radius 3 is 2.57 bits per heavy atom. The number of hydrogen-bond acceptors (Lipinski definition) is 5. The molecule has 0 aliphatic carbocycles. The van der Waals surface area contributed by atoms with E-state index in [1.54, 1.807) is 18.5 Å². The van der Waals surface area contributed by atoms with Gasteiger partial charge in [0.2, 0.25) is 0 Å². The first-order valence-corrected chi connectivity index (χ1v) is 9.06. The number of amides is 2. The fourth-order valence-corrected chi connectivity index (χ4v) is 3.55. The van der Waals surface area contributed by atoms with Crippen molar-refractivity contribution in [3.8, 4) is 33.6 Å². The van der Waals surface area contributed by atoms with Crippen LogP contribution in [-0.2, 0) is 0 Å². The number of urea groups is 1. The first-order valence-electron chi connectivity index (χ1n) is 8.27. The van der Waals surface area contributed by atoms with E-state index in [0.29, 0.717) is 17.1 Å². The van der Waals surface area contributed by atoms with Gasteiger partial charge in [0.25, 0.3) is 0 Å². The maximum absolute atomic E-state index is 11.5. The molecular weight excluding hydrogens is 422 g/mol. The first kappa shape index (κ1) is 17.8. The lowest BCUT2D eigenvalue weighted by Crippen LogP contribution is -2.20. The highest BCUT2D eigenvalue weighted by molar-refractivity contribution is 9.10. The second-order valence-corrected chi connectivity index (χ2v) is 6.76. The van der Waals surface area contributed by atoms with E-state index in [-0.39, 0.29) is 0 Å². The average Bonchev–Trinajstić information content (AvgIpc) is 3.24. The van der Waals surface area contributed by atoms with Gasteiger partial charge in [-0.05, 0) is 45.8 Å². The molecule has 4 rings (SSSR count). The first-order chi connectivity index (χ1) is 13.6. The minimum atomic E-state index is -0.675. The van der Waals surface area contributed by atoms with Gasteiger partial charge < -0.3 is 11.1 Å². The third kappa shape index (κ3) is 3.47. The number of aromatic nitrogens is 5. The van der Waals surface area contributed by atoms with E-state index in [1.165, 1.54) is 0 Å². The fraction of sp³-hybridized carbons (Fsp3) is 0. The number of H-pyrrole nitrogens is 1. The molecule has 9 heteroatoms. The molecule has 0 saturated carbocycles. The summed E-state index contributed by atoms with van der Waals surface area (Å²) in [6.07, 6.45) is 3.54. The number of benzene rings is 2. The molecule has 0 aliphatic rings. The molecule has 2 aromatic heterocycles. The van der Waals surface area contributed by atoms with Crippen molar-refractivity contribution in [1.29, 1.82) is 0 Å². The number of halogens is 1. The van der Waals surface area contributed by atoms with Crippen LogP contribution in [0, 0.1) is 0 Å². The lowest BCUT2D eigenvalue weighted by Gasteiger charge is -2.16. The van der Waals surface area contributed by atoms with Crippen LogP contribution >= 0.6 is 15.9 Å². The average molecular weight is 436 g/mol. The van der Waals surface area contributed by atoms with Gasteiger partial charge in [-0.25, -0.2) is 9.89 Å². The van der Waals surface area contributed by atoms with Crippen molar-refractivity contribution in [3.63, 3.8) is 0 Å². The summed E-state index contributed by atoms with van der Waals surface area (Å²) in [4.78, 5) is 15.7. The third-order valence-corrected chi connectivity index (χ3v) is 4.80. The quantitative estimate of drug-likeness (QED) is 0.449. The zero-order valence-electron chi connectivity index (χ0n) is 14.4. The number of tetrazole rings is 1. The number of nitrogens with two attached hydrogens (primary N) is 1. The normalized spacial score (nSPS) is 10.6. The Kier molecular flexibility index (Phi) is 4.81. The maximum Gasteiger partial charge on any atom is 0.316 e. The van der Waals surface area contributed by atoms with Crippen LogP contribution in [0.5, 0.6) is 0 Å². The summed E-state index contributed by atoms with van der Waals surface area (Å²) in [7, 11) is 0. The van der Waals surface area contributed by atoms with Gasteiger partial charge in [0, 0.05) is 28.0 Å². The molecule has 0 saturated heterocycles. The molecule has 2 heterocycles. The fourth-order valence-electron chi connectivity index (χ4n) is 3.00. The van der Waals surface area contributed by atoms with Crippen molar-refractivity contribution in [2.45, 2.75) is 0 Å². The molecule has 0 atom stereocenters. The lowest BCUT2D eigenvalue weighted by molar-refractivity contribution is 0.259. The van der Waals surface area contributed by atoms with Gasteiger partial charge in [-0.1, -0.05) is 40.2 Å². The minimum absolute atomic E-state index is 0.409. The highest BCUT2D eigenvalue weighted by Crippen LogP contribution is 2.42. The second-order valence-electron chi connectivity index (χ2n) is 5.91. The largest absolute Gasteiger partial charge is 0.351 e. The third-order valence-electron chi connectivity index (χ3n) is 4.14. The Labute approximate surface area is 168 Å². The van der Waals surface area contributed by atoms with Crippen LogP contribution in [0.4, 0.5) is 10.5 Å². The van der Waals surface area contributed by atoms with Crippen molar-refractivity contribution < 1.29 is 4.79 Å². The van der Waals surface area contributed by atoms with Crippen molar-refractivity contribution in [1.82, 2.24) is 25.6 Å². The number of carbonyl (C=O) groups excluding carboxylic acids is 1. The SMILES string of the molecule is NC(=O)Nc1ccc(Br)c(-c2cccc(-c3cccnc3)c2)c1-c1nnn[nH]1. The van der Waals surface area contributed by atoms with E-state index in [0.717, 1.165) is 26.7 Å². The summed E-state index contributed by atoms with van der Waals surface area (Å²) in [5.74, 6) is 0.409. The van der Waals surface area contributed by atoms with Gasteiger partial charge >= 0.3 is 6.03 Å². The number of nitrogens with zero attached hydrogens (tertiary/aromatic N) is 4. The highest BCUT2D eigenvalue weighted by atomic mass is 79.9. The number of pyridine rings is 1. The molecule has 0 aliphatic heterocycles. The highest BCUT2D eigenvalue weighted by Gasteiger charge is 2.20. The summed E-state index contributed by atoms with van der Waals surface area (Å²) in [6.45, 7) is 0. The smallest absolute Gasteiger partial charge is 0.316 e. The van der Waals surface area contributed by atoms with Gasteiger partial charge in [-0.2, -0.15) is 0 Å². The Balaban J connectivity index is 1.94. The Morgan fingerprint density at radius 2 is 1.86 bits per heavy atom. The molecule has 0 bridgehead atoms. The van der Waals surface area contributed by atoms with Gasteiger partial charge in [-0.15, -0.1) is 5.10 Å². The summed E-state index contributed by atoms with van der Waals surface area (Å²) < 4.78 is 0.817. The molecular formula is C19H14BrN7O. The summed E-state index contributed by atoms with van der Waals surface area (Å²) in [5, 5.41) is 16.7. The lowest BCUT2D eigenvalue weighted by atomic mass is 9.95. The van der Waals surface area contributed by atoms with Gasteiger partial charge in [0.05, 0.1) is 11.3 Å². The van der Waals surface area contributed by atoms with Crippen LogP contribution in [0.25, 0.3) is 33.6 Å².